The fourth-order valence-electron chi connectivity index (χ4n) is 2.82. The molecule has 4 rings (SSSR count). The highest BCUT2D eigenvalue weighted by Gasteiger charge is 2.33. The molecule has 2 heterocycles. The zero-order valence-electron chi connectivity index (χ0n) is 14.7. The van der Waals surface area contributed by atoms with E-state index >= 15 is 0 Å². The molecule has 0 radical (unpaired) electrons. The van der Waals surface area contributed by atoms with E-state index in [1.54, 1.807) is 13.0 Å². The fraction of sp³-hybridized carbons (Fsp3) is 0.158. The Bertz CT molecular complexity index is 1120. The molecule has 2 aromatic heterocycles. The Morgan fingerprint density at radius 3 is 2.50 bits per heavy atom. The van der Waals surface area contributed by atoms with Gasteiger partial charge in [0.2, 0.25) is 0 Å². The van der Waals surface area contributed by atoms with Crippen LogP contribution in [0.1, 0.15) is 16.7 Å². The van der Waals surface area contributed by atoms with Gasteiger partial charge in [-0.25, -0.2) is 9.97 Å². The standard InChI is InChI=1S/C19H14F3N5O/c1-12-5-4-6-15(19(20,21)22)14(12)11-28-13-9-23-18(24-10-13)27-17-8-3-2-7-16(17)25-26-27/h2-10H,11H2,1H3. The minimum atomic E-state index is -4.45. The van der Waals surface area contributed by atoms with Gasteiger partial charge >= 0.3 is 6.18 Å². The molecule has 0 bridgehead atoms. The highest BCUT2D eigenvalue weighted by molar-refractivity contribution is 5.75. The second-order valence-electron chi connectivity index (χ2n) is 6.10. The molecule has 0 spiro atoms. The number of ether oxygens (including phenoxy) is 1. The topological polar surface area (TPSA) is 65.7 Å². The summed E-state index contributed by atoms with van der Waals surface area (Å²) in [6.07, 6.45) is -1.66. The molecule has 142 valence electrons. The molecule has 4 aromatic rings. The maximum atomic E-state index is 13.2. The van der Waals surface area contributed by atoms with Crippen molar-refractivity contribution in [1.82, 2.24) is 25.0 Å². The quantitative estimate of drug-likeness (QED) is 0.529. The van der Waals surface area contributed by atoms with Crippen LogP contribution in [-0.2, 0) is 12.8 Å². The number of nitrogens with zero attached hydrogens (tertiary/aromatic N) is 5. The van der Waals surface area contributed by atoms with Crippen molar-refractivity contribution in [3.05, 3.63) is 71.5 Å². The molecule has 6 nitrogen and oxygen atoms in total. The number of alkyl halides is 3. The summed E-state index contributed by atoms with van der Waals surface area (Å²) >= 11 is 0. The third-order valence-corrected chi connectivity index (χ3v) is 4.25. The van der Waals surface area contributed by atoms with E-state index in [0.29, 0.717) is 11.1 Å². The Labute approximate surface area is 157 Å². The van der Waals surface area contributed by atoms with Gasteiger partial charge in [0.05, 0.1) is 23.5 Å². The molecule has 0 aliphatic carbocycles. The van der Waals surface area contributed by atoms with E-state index in [2.05, 4.69) is 20.3 Å². The number of hydrogen-bond acceptors (Lipinski definition) is 5. The largest absolute Gasteiger partial charge is 0.486 e. The summed E-state index contributed by atoms with van der Waals surface area (Å²) in [4.78, 5) is 8.36. The lowest BCUT2D eigenvalue weighted by atomic mass is 10.0. The van der Waals surface area contributed by atoms with Gasteiger partial charge in [-0.15, -0.1) is 5.10 Å². The second-order valence-corrected chi connectivity index (χ2v) is 6.10. The average Bonchev–Trinajstić information content (AvgIpc) is 3.11. The summed E-state index contributed by atoms with van der Waals surface area (Å²) in [6, 6.07) is 11.4. The van der Waals surface area contributed by atoms with Gasteiger partial charge in [0.1, 0.15) is 12.1 Å². The fourth-order valence-corrected chi connectivity index (χ4v) is 2.82. The summed E-state index contributed by atoms with van der Waals surface area (Å²) in [5.74, 6) is 0.539. The van der Waals surface area contributed by atoms with Crippen LogP contribution in [0, 0.1) is 6.92 Å². The first kappa shape index (κ1) is 17.9. The van der Waals surface area contributed by atoms with Crippen LogP contribution < -0.4 is 4.74 Å². The van der Waals surface area contributed by atoms with Crippen LogP contribution in [-0.4, -0.2) is 25.0 Å². The first-order valence-corrected chi connectivity index (χ1v) is 8.35. The molecule has 0 atom stereocenters. The Morgan fingerprint density at radius 2 is 1.75 bits per heavy atom. The lowest BCUT2D eigenvalue weighted by molar-refractivity contribution is -0.138. The van der Waals surface area contributed by atoms with Gasteiger partial charge in [0.25, 0.3) is 5.95 Å². The molecule has 9 heteroatoms. The SMILES string of the molecule is Cc1cccc(C(F)(F)F)c1COc1cnc(-n2nnc3ccccc32)nc1. The van der Waals surface area contributed by atoms with Crippen molar-refractivity contribution in [2.24, 2.45) is 0 Å². The summed E-state index contributed by atoms with van der Waals surface area (Å²) in [6.45, 7) is 1.37. The molecule has 0 aliphatic heterocycles. The molecule has 0 aliphatic rings. The Hall–Kier alpha value is -3.49. The number of aryl methyl sites for hydroxylation is 1. The molecule has 0 saturated carbocycles. The van der Waals surface area contributed by atoms with Crippen molar-refractivity contribution in [2.75, 3.05) is 0 Å². The zero-order valence-corrected chi connectivity index (χ0v) is 14.7. The van der Waals surface area contributed by atoms with Gasteiger partial charge in [-0.2, -0.15) is 17.9 Å². The van der Waals surface area contributed by atoms with Gasteiger partial charge in [0, 0.05) is 5.56 Å². The summed E-state index contributed by atoms with van der Waals surface area (Å²) < 4.78 is 46.6. The average molecular weight is 385 g/mol. The number of aromatic nitrogens is 5. The van der Waals surface area contributed by atoms with E-state index in [0.717, 1.165) is 11.6 Å². The van der Waals surface area contributed by atoms with Crippen LogP contribution in [0.15, 0.2) is 54.9 Å². The van der Waals surface area contributed by atoms with Crippen molar-refractivity contribution in [3.8, 4) is 11.7 Å². The van der Waals surface area contributed by atoms with E-state index in [-0.39, 0.29) is 23.9 Å². The van der Waals surface area contributed by atoms with E-state index in [9.17, 15) is 13.2 Å². The van der Waals surface area contributed by atoms with E-state index in [1.165, 1.54) is 23.1 Å². The van der Waals surface area contributed by atoms with Crippen LogP contribution in [0.5, 0.6) is 5.75 Å². The van der Waals surface area contributed by atoms with E-state index in [1.807, 2.05) is 24.3 Å². The van der Waals surface area contributed by atoms with Crippen molar-refractivity contribution in [2.45, 2.75) is 19.7 Å². The van der Waals surface area contributed by atoms with Gasteiger partial charge in [-0.05, 0) is 30.7 Å². The molecular weight excluding hydrogens is 371 g/mol. The number of halogens is 3. The Morgan fingerprint density at radius 1 is 1.00 bits per heavy atom. The molecule has 0 amide bonds. The highest BCUT2D eigenvalue weighted by atomic mass is 19.4. The number of para-hydroxylation sites is 1. The smallest absolute Gasteiger partial charge is 0.416 e. The minimum Gasteiger partial charge on any atom is -0.486 e. The maximum absolute atomic E-state index is 13.2. The Balaban J connectivity index is 1.55. The summed E-state index contributed by atoms with van der Waals surface area (Å²) in [5.41, 5.74) is 1.32. The van der Waals surface area contributed by atoms with Crippen LogP contribution >= 0.6 is 0 Å². The minimum absolute atomic E-state index is 0.0846. The molecular formula is C19H14F3N5O. The summed E-state index contributed by atoms with van der Waals surface area (Å²) in [7, 11) is 0. The lowest BCUT2D eigenvalue weighted by Gasteiger charge is -2.15. The van der Waals surface area contributed by atoms with Crippen LogP contribution in [0.25, 0.3) is 17.0 Å². The van der Waals surface area contributed by atoms with Crippen LogP contribution in [0.2, 0.25) is 0 Å². The highest BCUT2D eigenvalue weighted by Crippen LogP contribution is 2.33. The number of rotatable bonds is 4. The molecule has 0 saturated heterocycles. The van der Waals surface area contributed by atoms with Gasteiger partial charge in [-0.3, -0.25) is 0 Å². The zero-order chi connectivity index (χ0) is 19.7. The predicted octanol–water partition coefficient (Wildman–Crippen LogP) is 4.12. The Kier molecular flexibility index (Phi) is 4.42. The van der Waals surface area contributed by atoms with E-state index < -0.39 is 11.7 Å². The van der Waals surface area contributed by atoms with Crippen LogP contribution in [0.4, 0.5) is 13.2 Å². The van der Waals surface area contributed by atoms with Crippen molar-refractivity contribution in [1.29, 1.82) is 0 Å². The third-order valence-electron chi connectivity index (χ3n) is 4.25. The summed E-state index contributed by atoms with van der Waals surface area (Å²) in [5, 5.41) is 8.05. The first-order valence-electron chi connectivity index (χ1n) is 8.35. The van der Waals surface area contributed by atoms with Gasteiger partial charge in [-0.1, -0.05) is 29.5 Å². The molecule has 28 heavy (non-hydrogen) atoms. The predicted molar refractivity (Wildman–Crippen MR) is 95.0 cm³/mol. The molecule has 2 aromatic carbocycles. The van der Waals surface area contributed by atoms with Gasteiger partial charge < -0.3 is 4.74 Å². The second kappa shape index (κ2) is 6.91. The number of hydrogen-bond donors (Lipinski definition) is 0. The maximum Gasteiger partial charge on any atom is 0.416 e. The molecule has 0 fully saturated rings. The molecule has 0 N–H and O–H groups in total. The monoisotopic (exact) mass is 385 g/mol. The van der Waals surface area contributed by atoms with Gasteiger partial charge in [0.15, 0.2) is 5.75 Å². The van der Waals surface area contributed by atoms with Crippen molar-refractivity contribution in [3.63, 3.8) is 0 Å². The first-order chi connectivity index (χ1) is 13.4. The third kappa shape index (κ3) is 3.38. The van der Waals surface area contributed by atoms with Crippen molar-refractivity contribution < 1.29 is 17.9 Å². The number of fused-ring (bicyclic) bond motifs is 1. The lowest BCUT2D eigenvalue weighted by Crippen LogP contribution is -2.12. The van der Waals surface area contributed by atoms with E-state index in [4.69, 9.17) is 4.74 Å². The van der Waals surface area contributed by atoms with Crippen molar-refractivity contribution >= 4 is 11.0 Å². The van der Waals surface area contributed by atoms with Crippen LogP contribution in [0.3, 0.4) is 0 Å². The normalized spacial score (nSPS) is 11.7. The number of benzene rings is 2. The molecule has 0 unspecified atom stereocenters.